The molecule has 1 aromatic heterocycles. The molecule has 0 amide bonds. The van der Waals surface area contributed by atoms with Crippen LogP contribution in [0.3, 0.4) is 0 Å². The average molecular weight is 432 g/mol. The maximum absolute atomic E-state index is 13.9. The molecule has 0 saturated carbocycles. The molecule has 0 bridgehead atoms. The highest BCUT2D eigenvalue weighted by Crippen LogP contribution is 2.24. The largest absolute Gasteiger partial charge is 0.379 e. The van der Waals surface area contributed by atoms with E-state index in [0.717, 1.165) is 50.8 Å². The van der Waals surface area contributed by atoms with Gasteiger partial charge in [0.1, 0.15) is 5.82 Å². The quantitative estimate of drug-likeness (QED) is 0.583. The van der Waals surface area contributed by atoms with Gasteiger partial charge in [0, 0.05) is 52.9 Å². The number of hydrogen-bond acceptors (Lipinski definition) is 5. The highest BCUT2D eigenvalue weighted by Gasteiger charge is 2.25. The zero-order valence-corrected chi connectivity index (χ0v) is 18.3. The predicted molar refractivity (Wildman–Crippen MR) is 121 cm³/mol. The number of nitrogens with zero attached hydrogens (tertiary/aromatic N) is 4. The predicted octanol–water partition coefficient (Wildman–Crippen LogP) is 2.66. The molecule has 3 heterocycles. The Morgan fingerprint density at radius 1 is 1.13 bits per heavy atom. The molecular weight excluding hydrogens is 401 g/mol. The Morgan fingerprint density at radius 3 is 2.60 bits per heavy atom. The summed E-state index contributed by atoms with van der Waals surface area (Å²) in [4.78, 5) is 11.6. The highest BCUT2D eigenvalue weighted by atomic mass is 32.1. The zero-order chi connectivity index (χ0) is 20.8. The van der Waals surface area contributed by atoms with E-state index in [2.05, 4.69) is 42.5 Å². The van der Waals surface area contributed by atoms with E-state index >= 15 is 0 Å². The van der Waals surface area contributed by atoms with E-state index in [1.807, 2.05) is 13.1 Å². The Hall–Kier alpha value is -2.16. The maximum atomic E-state index is 13.9. The van der Waals surface area contributed by atoms with E-state index in [0.29, 0.717) is 19.8 Å². The van der Waals surface area contributed by atoms with Crippen molar-refractivity contribution < 1.29 is 9.13 Å². The van der Waals surface area contributed by atoms with Gasteiger partial charge in [0.15, 0.2) is 5.96 Å². The van der Waals surface area contributed by atoms with Gasteiger partial charge in [-0.3, -0.25) is 9.89 Å². The number of ether oxygens (including phenoxy) is 1. The summed E-state index contributed by atoms with van der Waals surface area (Å²) in [6.45, 7) is 7.63. The fourth-order valence-corrected chi connectivity index (χ4v) is 4.95. The van der Waals surface area contributed by atoms with Gasteiger partial charge < -0.3 is 19.9 Å². The lowest BCUT2D eigenvalue weighted by Crippen LogP contribution is -2.53. The second-order valence-corrected chi connectivity index (χ2v) is 8.50. The van der Waals surface area contributed by atoms with Gasteiger partial charge >= 0.3 is 0 Å². The third kappa shape index (κ3) is 5.11. The van der Waals surface area contributed by atoms with Gasteiger partial charge in [0.25, 0.3) is 0 Å². The smallest absolute Gasteiger partial charge is 0.193 e. The summed E-state index contributed by atoms with van der Waals surface area (Å²) in [5, 5.41) is 7.01. The standard InChI is InChI=1S/C22H30FN5OS/c1-24-22(28-9-7-27(8-10-28)21-6-3-15-30-21)25-17-20(26-11-13-29-14-12-26)18-4-2-5-19(23)16-18/h2-6,15-16,20H,7-14,17H2,1H3,(H,24,25). The zero-order valence-electron chi connectivity index (χ0n) is 17.5. The maximum Gasteiger partial charge on any atom is 0.193 e. The number of anilines is 1. The van der Waals surface area contributed by atoms with Crippen LogP contribution in [0.15, 0.2) is 46.8 Å². The van der Waals surface area contributed by atoms with Crippen LogP contribution in [0, 0.1) is 5.82 Å². The first-order chi connectivity index (χ1) is 14.7. The minimum Gasteiger partial charge on any atom is -0.379 e. The SMILES string of the molecule is CN=C(NCC(c1cccc(F)c1)N1CCOCC1)N1CCN(c2cccs2)CC1. The molecule has 1 aromatic carbocycles. The van der Waals surface area contributed by atoms with Crippen molar-refractivity contribution in [3.05, 3.63) is 53.2 Å². The minimum atomic E-state index is -0.195. The number of nitrogens with one attached hydrogen (secondary N) is 1. The van der Waals surface area contributed by atoms with E-state index in [1.54, 1.807) is 23.5 Å². The van der Waals surface area contributed by atoms with Crippen molar-refractivity contribution in [2.24, 2.45) is 4.99 Å². The van der Waals surface area contributed by atoms with Crippen LogP contribution in [0.1, 0.15) is 11.6 Å². The number of halogens is 1. The lowest BCUT2D eigenvalue weighted by Gasteiger charge is -2.39. The summed E-state index contributed by atoms with van der Waals surface area (Å²) in [6, 6.07) is 11.3. The lowest BCUT2D eigenvalue weighted by molar-refractivity contribution is 0.0168. The lowest BCUT2D eigenvalue weighted by atomic mass is 10.0. The van der Waals surface area contributed by atoms with Crippen molar-refractivity contribution in [3.8, 4) is 0 Å². The Balaban J connectivity index is 1.39. The van der Waals surface area contributed by atoms with Crippen molar-refractivity contribution in [2.75, 3.05) is 71.0 Å². The summed E-state index contributed by atoms with van der Waals surface area (Å²) in [5.74, 6) is 0.718. The van der Waals surface area contributed by atoms with Crippen LogP contribution in [-0.4, -0.2) is 81.8 Å². The van der Waals surface area contributed by atoms with Gasteiger partial charge in [-0.2, -0.15) is 0 Å². The van der Waals surface area contributed by atoms with Crippen LogP contribution in [0.5, 0.6) is 0 Å². The molecule has 0 radical (unpaired) electrons. The molecule has 2 aromatic rings. The number of thiophene rings is 1. The van der Waals surface area contributed by atoms with Crippen LogP contribution in [0.2, 0.25) is 0 Å². The van der Waals surface area contributed by atoms with Gasteiger partial charge in [0.2, 0.25) is 0 Å². The molecule has 8 heteroatoms. The second-order valence-electron chi connectivity index (χ2n) is 7.57. The molecule has 1 atom stereocenters. The molecule has 30 heavy (non-hydrogen) atoms. The van der Waals surface area contributed by atoms with Crippen molar-refractivity contribution in [1.82, 2.24) is 15.1 Å². The third-order valence-corrected chi connectivity index (χ3v) is 6.71. The third-order valence-electron chi connectivity index (χ3n) is 5.78. The summed E-state index contributed by atoms with van der Waals surface area (Å²) in [5.41, 5.74) is 0.988. The van der Waals surface area contributed by atoms with Crippen molar-refractivity contribution >= 4 is 22.3 Å². The van der Waals surface area contributed by atoms with Crippen molar-refractivity contribution in [2.45, 2.75) is 6.04 Å². The molecule has 1 unspecified atom stereocenters. The molecule has 0 aliphatic carbocycles. The van der Waals surface area contributed by atoms with Crippen LogP contribution >= 0.6 is 11.3 Å². The molecule has 4 rings (SSSR count). The topological polar surface area (TPSA) is 43.3 Å². The fraction of sp³-hybridized carbons (Fsp3) is 0.500. The highest BCUT2D eigenvalue weighted by molar-refractivity contribution is 7.14. The monoisotopic (exact) mass is 431 g/mol. The number of piperazine rings is 1. The number of aliphatic imine (C=N–C) groups is 1. The molecule has 2 aliphatic rings. The van der Waals surface area contributed by atoms with Crippen LogP contribution in [-0.2, 0) is 4.74 Å². The molecule has 2 fully saturated rings. The Labute approximate surface area is 182 Å². The molecule has 1 N–H and O–H groups in total. The number of rotatable bonds is 5. The molecule has 6 nitrogen and oxygen atoms in total. The fourth-order valence-electron chi connectivity index (χ4n) is 4.17. The molecule has 0 spiro atoms. The van der Waals surface area contributed by atoms with Gasteiger partial charge in [-0.15, -0.1) is 11.3 Å². The van der Waals surface area contributed by atoms with E-state index in [9.17, 15) is 4.39 Å². The van der Waals surface area contributed by atoms with Crippen molar-refractivity contribution in [1.29, 1.82) is 0 Å². The molecular formula is C22H30FN5OS. The summed E-state index contributed by atoms with van der Waals surface area (Å²) < 4.78 is 19.4. The summed E-state index contributed by atoms with van der Waals surface area (Å²) >= 11 is 1.79. The molecule has 162 valence electrons. The Kier molecular flexibility index (Phi) is 7.20. The Bertz CT molecular complexity index is 817. The molecule has 2 saturated heterocycles. The number of guanidine groups is 1. The normalized spacial score (nSPS) is 19.7. The average Bonchev–Trinajstić information content (AvgIpc) is 3.33. The first-order valence-corrected chi connectivity index (χ1v) is 11.4. The molecule has 2 aliphatic heterocycles. The van der Waals surface area contributed by atoms with Crippen LogP contribution in [0.4, 0.5) is 9.39 Å². The van der Waals surface area contributed by atoms with E-state index in [4.69, 9.17) is 4.74 Å². The van der Waals surface area contributed by atoms with Gasteiger partial charge in [-0.1, -0.05) is 12.1 Å². The second kappa shape index (κ2) is 10.2. The first kappa shape index (κ1) is 21.1. The van der Waals surface area contributed by atoms with E-state index < -0.39 is 0 Å². The Morgan fingerprint density at radius 2 is 1.93 bits per heavy atom. The minimum absolute atomic E-state index is 0.0776. The van der Waals surface area contributed by atoms with E-state index in [1.165, 1.54) is 11.1 Å². The number of benzene rings is 1. The number of morpholine rings is 1. The van der Waals surface area contributed by atoms with Crippen LogP contribution in [0.25, 0.3) is 0 Å². The van der Waals surface area contributed by atoms with Gasteiger partial charge in [0.05, 0.1) is 24.3 Å². The number of hydrogen-bond donors (Lipinski definition) is 1. The van der Waals surface area contributed by atoms with Gasteiger partial charge in [-0.05, 0) is 35.2 Å². The van der Waals surface area contributed by atoms with Crippen LogP contribution < -0.4 is 10.2 Å². The summed E-state index contributed by atoms with van der Waals surface area (Å²) in [7, 11) is 1.83. The van der Waals surface area contributed by atoms with Gasteiger partial charge in [-0.25, -0.2) is 4.39 Å². The van der Waals surface area contributed by atoms with Crippen molar-refractivity contribution in [3.63, 3.8) is 0 Å². The van der Waals surface area contributed by atoms with E-state index in [-0.39, 0.29) is 11.9 Å². The first-order valence-electron chi connectivity index (χ1n) is 10.6. The summed E-state index contributed by atoms with van der Waals surface area (Å²) in [6.07, 6.45) is 0.